The second-order valence-corrected chi connectivity index (χ2v) is 5.60. The molecule has 0 spiro atoms. The van der Waals surface area contributed by atoms with E-state index in [0.29, 0.717) is 24.3 Å². The molecule has 1 aliphatic rings. The highest BCUT2D eigenvalue weighted by atomic mass is 32.2. The Bertz CT molecular complexity index is 223. The second-order valence-electron chi connectivity index (χ2n) is 3.21. The smallest absolute Gasteiger partial charge is 0.306 e. The van der Waals surface area contributed by atoms with Gasteiger partial charge in [0.05, 0.1) is 0 Å². The van der Waals surface area contributed by atoms with Gasteiger partial charge in [-0.05, 0) is 0 Å². The van der Waals surface area contributed by atoms with Gasteiger partial charge < -0.3 is 9.47 Å². The van der Waals surface area contributed by atoms with Crippen molar-refractivity contribution in [3.63, 3.8) is 0 Å². The van der Waals surface area contributed by atoms with Gasteiger partial charge in [-0.2, -0.15) is 0 Å². The summed E-state index contributed by atoms with van der Waals surface area (Å²) in [6.07, 6.45) is 0.798. The largest absolute Gasteiger partial charge is 0.450 e. The van der Waals surface area contributed by atoms with E-state index in [-0.39, 0.29) is 22.8 Å². The normalized spacial score (nSPS) is 24.9. The number of hydrogen-bond donors (Lipinski definition) is 0. The third-order valence-electron chi connectivity index (χ3n) is 1.94. The third-order valence-corrected chi connectivity index (χ3v) is 4.62. The van der Waals surface area contributed by atoms with Gasteiger partial charge >= 0.3 is 11.9 Å². The molecule has 2 unspecified atom stereocenters. The number of carbonyl (C=O) groups is 2. The number of thioether (sulfide) groups is 2. The molecular weight excluding hydrogens is 248 g/mol. The molecule has 0 N–H and O–H groups in total. The lowest BCUT2D eigenvalue weighted by atomic mass is 10.5. The fourth-order valence-corrected chi connectivity index (χ4v) is 3.54. The maximum atomic E-state index is 11.1. The van der Waals surface area contributed by atoms with E-state index >= 15 is 0 Å². The van der Waals surface area contributed by atoms with Crippen molar-refractivity contribution in [1.82, 2.24) is 0 Å². The zero-order valence-electron chi connectivity index (χ0n) is 9.43. The molecule has 6 heteroatoms. The van der Waals surface area contributed by atoms with Crippen molar-refractivity contribution in [3.8, 4) is 0 Å². The van der Waals surface area contributed by atoms with Crippen LogP contribution in [0.5, 0.6) is 0 Å². The van der Waals surface area contributed by atoms with Crippen molar-refractivity contribution >= 4 is 35.5 Å². The number of carbonyl (C=O) groups excluding carboxylic acids is 2. The summed E-state index contributed by atoms with van der Waals surface area (Å²) in [5, 5.41) is 0. The molecule has 0 aromatic heterocycles. The van der Waals surface area contributed by atoms with Gasteiger partial charge in [0, 0.05) is 24.3 Å². The van der Waals surface area contributed by atoms with Crippen molar-refractivity contribution in [1.29, 1.82) is 0 Å². The first-order valence-corrected chi connectivity index (χ1v) is 7.37. The number of esters is 2. The van der Waals surface area contributed by atoms with Gasteiger partial charge in [0.15, 0.2) is 10.9 Å². The van der Waals surface area contributed by atoms with Crippen LogP contribution in [-0.2, 0) is 19.1 Å². The van der Waals surface area contributed by atoms with Crippen molar-refractivity contribution in [2.75, 3.05) is 11.5 Å². The average molecular weight is 264 g/mol. The fourth-order valence-electron chi connectivity index (χ4n) is 1.06. The van der Waals surface area contributed by atoms with E-state index in [1.165, 1.54) is 23.5 Å². The topological polar surface area (TPSA) is 52.6 Å². The summed E-state index contributed by atoms with van der Waals surface area (Å²) in [5.41, 5.74) is -0.206. The molecule has 1 fully saturated rings. The van der Waals surface area contributed by atoms with Crippen LogP contribution in [0.15, 0.2) is 0 Å². The maximum Gasteiger partial charge on any atom is 0.306 e. The lowest BCUT2D eigenvalue weighted by Crippen LogP contribution is -2.28. The first-order valence-electron chi connectivity index (χ1n) is 5.27. The van der Waals surface area contributed by atoms with Crippen LogP contribution in [0.2, 0.25) is 0 Å². The van der Waals surface area contributed by atoms with Crippen molar-refractivity contribution < 1.29 is 19.1 Å². The Morgan fingerprint density at radius 3 is 1.62 bits per heavy atom. The monoisotopic (exact) mass is 264 g/mol. The van der Waals surface area contributed by atoms with Crippen LogP contribution >= 0.6 is 23.5 Å². The summed E-state index contributed by atoms with van der Waals surface area (Å²) in [5.74, 6) is 1.00. The van der Waals surface area contributed by atoms with Gasteiger partial charge in [-0.3, -0.25) is 9.59 Å². The molecule has 0 aliphatic carbocycles. The summed E-state index contributed by atoms with van der Waals surface area (Å²) < 4.78 is 10.4. The Hall–Kier alpha value is -0.360. The van der Waals surface area contributed by atoms with E-state index in [1.807, 2.05) is 0 Å². The molecule has 0 aromatic rings. The van der Waals surface area contributed by atoms with Crippen molar-refractivity contribution in [2.24, 2.45) is 0 Å². The minimum Gasteiger partial charge on any atom is -0.450 e. The zero-order valence-corrected chi connectivity index (χ0v) is 11.1. The molecule has 0 radical (unpaired) electrons. The van der Waals surface area contributed by atoms with Crippen LogP contribution in [0.3, 0.4) is 0 Å². The highest BCUT2D eigenvalue weighted by molar-refractivity contribution is 8.06. The minimum atomic E-state index is -0.179. The van der Waals surface area contributed by atoms with Gasteiger partial charge in [-0.1, -0.05) is 13.8 Å². The van der Waals surface area contributed by atoms with Crippen LogP contribution in [0.25, 0.3) is 0 Å². The number of ether oxygens (including phenoxy) is 2. The van der Waals surface area contributed by atoms with E-state index in [9.17, 15) is 9.59 Å². The molecule has 4 nitrogen and oxygen atoms in total. The van der Waals surface area contributed by atoms with Gasteiger partial charge in [0.1, 0.15) is 0 Å². The Balaban J connectivity index is 2.23. The molecule has 1 rings (SSSR count). The average Bonchev–Trinajstić information content (AvgIpc) is 2.31. The Morgan fingerprint density at radius 2 is 1.38 bits per heavy atom. The van der Waals surface area contributed by atoms with E-state index < -0.39 is 0 Å². The Labute approximate surface area is 104 Å². The Morgan fingerprint density at radius 1 is 1.00 bits per heavy atom. The van der Waals surface area contributed by atoms with Crippen LogP contribution in [-0.4, -0.2) is 34.3 Å². The second kappa shape index (κ2) is 7.06. The molecule has 1 aliphatic heterocycles. The summed E-state index contributed by atoms with van der Waals surface area (Å²) in [4.78, 5) is 22.1. The highest BCUT2D eigenvalue weighted by Gasteiger charge is 2.26. The summed E-state index contributed by atoms with van der Waals surface area (Å²) >= 11 is 3.05. The molecule has 0 aromatic carbocycles. The van der Waals surface area contributed by atoms with Crippen LogP contribution < -0.4 is 0 Å². The molecule has 16 heavy (non-hydrogen) atoms. The molecule has 92 valence electrons. The summed E-state index contributed by atoms with van der Waals surface area (Å²) in [6, 6.07) is 0. The zero-order chi connectivity index (χ0) is 12.0. The van der Waals surface area contributed by atoms with E-state index in [1.54, 1.807) is 13.8 Å². The van der Waals surface area contributed by atoms with Gasteiger partial charge in [-0.25, -0.2) is 0 Å². The molecule has 1 saturated heterocycles. The first kappa shape index (κ1) is 13.7. The van der Waals surface area contributed by atoms with E-state index in [4.69, 9.17) is 9.47 Å². The SMILES string of the molecule is CCC(=O)OC1CSC(OC(=O)CC)CS1. The van der Waals surface area contributed by atoms with Gasteiger partial charge in [-0.15, -0.1) is 23.5 Å². The van der Waals surface area contributed by atoms with Crippen LogP contribution in [0.1, 0.15) is 26.7 Å². The van der Waals surface area contributed by atoms with E-state index in [0.717, 1.165) is 0 Å². The molecule has 1 heterocycles. The predicted molar refractivity (Wildman–Crippen MR) is 65.3 cm³/mol. The predicted octanol–water partition coefficient (Wildman–Crippen LogP) is 2.02. The summed E-state index contributed by atoms with van der Waals surface area (Å²) in [7, 11) is 0. The standard InChI is InChI=1S/C10H16O4S2/c1-3-7(11)13-9-5-16-10(6-15-9)14-8(12)4-2/h9-10H,3-6H2,1-2H3. The lowest BCUT2D eigenvalue weighted by molar-refractivity contribution is -0.145. The number of rotatable bonds is 4. The van der Waals surface area contributed by atoms with Crippen LogP contribution in [0, 0.1) is 0 Å². The Kier molecular flexibility index (Phi) is 6.05. The minimum absolute atomic E-state index is 0.103. The number of hydrogen-bond acceptors (Lipinski definition) is 6. The van der Waals surface area contributed by atoms with Crippen molar-refractivity contribution in [3.05, 3.63) is 0 Å². The molecule has 0 amide bonds. The van der Waals surface area contributed by atoms with E-state index in [2.05, 4.69) is 0 Å². The van der Waals surface area contributed by atoms with Crippen molar-refractivity contribution in [2.45, 2.75) is 37.6 Å². The first-order chi connectivity index (χ1) is 7.65. The lowest BCUT2D eigenvalue weighted by Gasteiger charge is -2.26. The quantitative estimate of drug-likeness (QED) is 0.724. The molecule has 0 bridgehead atoms. The molecular formula is C10H16O4S2. The fraction of sp³-hybridized carbons (Fsp3) is 0.800. The maximum absolute atomic E-state index is 11.1. The third kappa shape index (κ3) is 4.65. The summed E-state index contributed by atoms with van der Waals surface area (Å²) in [6.45, 7) is 3.55. The van der Waals surface area contributed by atoms with Gasteiger partial charge in [0.2, 0.25) is 0 Å². The molecule has 2 atom stereocenters. The van der Waals surface area contributed by atoms with Gasteiger partial charge in [0.25, 0.3) is 0 Å². The highest BCUT2D eigenvalue weighted by Crippen LogP contribution is 2.31. The van der Waals surface area contributed by atoms with Crippen LogP contribution in [0.4, 0.5) is 0 Å². The molecule has 0 saturated carbocycles.